The Morgan fingerprint density at radius 1 is 1.42 bits per heavy atom. The van der Waals surface area contributed by atoms with Gasteiger partial charge in [0.25, 0.3) is 0 Å². The predicted octanol–water partition coefficient (Wildman–Crippen LogP) is 2.27. The van der Waals surface area contributed by atoms with Gasteiger partial charge in [-0.2, -0.15) is 0 Å². The highest BCUT2D eigenvalue weighted by molar-refractivity contribution is 5.69. The summed E-state index contributed by atoms with van der Waals surface area (Å²) in [5, 5.41) is 9.51. The molecule has 1 aliphatic heterocycles. The SMILES string of the molecule is CC(C)(C)OC(=O)N1CCc2cc(O)cc(N)c2C1. The zero-order valence-electron chi connectivity index (χ0n) is 11.6. The van der Waals surface area contributed by atoms with Crippen LogP contribution in [0.25, 0.3) is 0 Å². The first-order valence-corrected chi connectivity index (χ1v) is 6.34. The van der Waals surface area contributed by atoms with Crippen molar-refractivity contribution in [2.75, 3.05) is 12.3 Å². The molecule has 0 aliphatic carbocycles. The number of fused-ring (bicyclic) bond motifs is 1. The number of nitrogens with zero attached hydrogens (tertiary/aromatic N) is 1. The van der Waals surface area contributed by atoms with E-state index in [-0.39, 0.29) is 11.8 Å². The van der Waals surface area contributed by atoms with Gasteiger partial charge < -0.3 is 20.5 Å². The molecule has 19 heavy (non-hydrogen) atoms. The van der Waals surface area contributed by atoms with Crippen LogP contribution in [0.3, 0.4) is 0 Å². The number of benzene rings is 1. The molecule has 0 unspecified atom stereocenters. The van der Waals surface area contributed by atoms with Crippen LogP contribution in [0.5, 0.6) is 5.75 Å². The lowest BCUT2D eigenvalue weighted by Gasteiger charge is -2.31. The second kappa shape index (κ2) is 4.64. The number of anilines is 1. The number of hydrogen-bond donors (Lipinski definition) is 2. The molecule has 1 amide bonds. The molecule has 1 aromatic carbocycles. The highest BCUT2D eigenvalue weighted by Gasteiger charge is 2.26. The van der Waals surface area contributed by atoms with E-state index in [0.717, 1.165) is 11.1 Å². The molecule has 0 aromatic heterocycles. The number of phenolic OH excluding ortho intramolecular Hbond substituents is 1. The van der Waals surface area contributed by atoms with Crippen molar-refractivity contribution < 1.29 is 14.6 Å². The number of carbonyl (C=O) groups is 1. The molecular formula is C14H20N2O3. The summed E-state index contributed by atoms with van der Waals surface area (Å²) >= 11 is 0. The van der Waals surface area contributed by atoms with E-state index in [0.29, 0.717) is 25.2 Å². The highest BCUT2D eigenvalue weighted by atomic mass is 16.6. The van der Waals surface area contributed by atoms with Crippen LogP contribution in [0.1, 0.15) is 31.9 Å². The molecular weight excluding hydrogens is 244 g/mol. The predicted molar refractivity (Wildman–Crippen MR) is 72.9 cm³/mol. The molecule has 1 aromatic rings. The van der Waals surface area contributed by atoms with E-state index >= 15 is 0 Å². The molecule has 0 saturated heterocycles. The number of carbonyl (C=O) groups excluding carboxylic acids is 1. The van der Waals surface area contributed by atoms with Crippen LogP contribution < -0.4 is 5.73 Å². The van der Waals surface area contributed by atoms with E-state index in [9.17, 15) is 9.90 Å². The highest BCUT2D eigenvalue weighted by Crippen LogP contribution is 2.29. The number of nitrogen functional groups attached to an aromatic ring is 1. The minimum atomic E-state index is -0.502. The van der Waals surface area contributed by atoms with Crippen molar-refractivity contribution in [3.05, 3.63) is 23.3 Å². The van der Waals surface area contributed by atoms with Crippen molar-refractivity contribution in [3.8, 4) is 5.75 Å². The Kier molecular flexibility index (Phi) is 3.30. The summed E-state index contributed by atoms with van der Waals surface area (Å²) in [6, 6.07) is 3.22. The van der Waals surface area contributed by atoms with Crippen molar-refractivity contribution in [2.24, 2.45) is 0 Å². The van der Waals surface area contributed by atoms with E-state index in [1.54, 1.807) is 11.0 Å². The fourth-order valence-corrected chi connectivity index (χ4v) is 2.16. The number of ether oxygens (including phenoxy) is 1. The molecule has 1 aliphatic rings. The number of phenols is 1. The number of amides is 1. The number of hydrogen-bond acceptors (Lipinski definition) is 4. The Balaban J connectivity index is 2.16. The monoisotopic (exact) mass is 264 g/mol. The maximum absolute atomic E-state index is 12.0. The molecule has 0 atom stereocenters. The zero-order chi connectivity index (χ0) is 14.2. The second-order valence-corrected chi connectivity index (χ2v) is 5.82. The Morgan fingerprint density at radius 3 is 2.74 bits per heavy atom. The summed E-state index contributed by atoms with van der Waals surface area (Å²) in [5.41, 5.74) is 7.80. The van der Waals surface area contributed by atoms with Crippen molar-refractivity contribution in [3.63, 3.8) is 0 Å². The van der Waals surface area contributed by atoms with Crippen LogP contribution in [0.15, 0.2) is 12.1 Å². The van der Waals surface area contributed by atoms with E-state index in [4.69, 9.17) is 10.5 Å². The molecule has 5 nitrogen and oxygen atoms in total. The van der Waals surface area contributed by atoms with Crippen LogP contribution in [0.2, 0.25) is 0 Å². The number of aromatic hydroxyl groups is 1. The standard InChI is InChI=1S/C14H20N2O3/c1-14(2,3)19-13(18)16-5-4-9-6-10(17)7-12(15)11(9)8-16/h6-7,17H,4-5,8,15H2,1-3H3. The first kappa shape index (κ1) is 13.5. The molecule has 3 N–H and O–H groups in total. The molecule has 5 heteroatoms. The van der Waals surface area contributed by atoms with Gasteiger partial charge in [0.15, 0.2) is 0 Å². The third-order valence-electron chi connectivity index (χ3n) is 3.01. The summed E-state index contributed by atoms with van der Waals surface area (Å²) in [4.78, 5) is 13.7. The van der Waals surface area contributed by atoms with Crippen molar-refractivity contribution in [2.45, 2.75) is 39.3 Å². The van der Waals surface area contributed by atoms with Gasteiger partial charge in [-0.15, -0.1) is 0 Å². The molecule has 0 radical (unpaired) electrons. The fourth-order valence-electron chi connectivity index (χ4n) is 2.16. The first-order valence-electron chi connectivity index (χ1n) is 6.34. The van der Waals surface area contributed by atoms with E-state index in [1.807, 2.05) is 20.8 Å². The largest absolute Gasteiger partial charge is 0.508 e. The molecule has 104 valence electrons. The van der Waals surface area contributed by atoms with Gasteiger partial charge in [-0.3, -0.25) is 0 Å². The molecule has 0 bridgehead atoms. The average molecular weight is 264 g/mol. The smallest absolute Gasteiger partial charge is 0.410 e. The summed E-state index contributed by atoms with van der Waals surface area (Å²) in [6.07, 6.45) is 0.346. The Hall–Kier alpha value is -1.91. The van der Waals surface area contributed by atoms with Crippen LogP contribution in [-0.2, 0) is 17.7 Å². The summed E-state index contributed by atoms with van der Waals surface area (Å²) in [7, 11) is 0. The Labute approximate surface area is 113 Å². The Bertz CT molecular complexity index is 506. The van der Waals surface area contributed by atoms with Gasteiger partial charge in [0.2, 0.25) is 0 Å². The number of rotatable bonds is 0. The van der Waals surface area contributed by atoms with Gasteiger partial charge in [0.1, 0.15) is 11.4 Å². The maximum Gasteiger partial charge on any atom is 0.410 e. The van der Waals surface area contributed by atoms with E-state index in [2.05, 4.69) is 0 Å². The van der Waals surface area contributed by atoms with Crippen LogP contribution >= 0.6 is 0 Å². The van der Waals surface area contributed by atoms with Gasteiger partial charge >= 0.3 is 6.09 Å². The molecule has 0 fully saturated rings. The molecule has 0 saturated carbocycles. The fraction of sp³-hybridized carbons (Fsp3) is 0.500. The summed E-state index contributed by atoms with van der Waals surface area (Å²) in [6.45, 7) is 6.53. The summed E-state index contributed by atoms with van der Waals surface area (Å²) in [5.74, 6) is 0.168. The third kappa shape index (κ3) is 3.10. The van der Waals surface area contributed by atoms with E-state index < -0.39 is 5.60 Å². The molecule has 1 heterocycles. The van der Waals surface area contributed by atoms with Gasteiger partial charge in [-0.25, -0.2) is 4.79 Å². The third-order valence-corrected chi connectivity index (χ3v) is 3.01. The van der Waals surface area contributed by atoms with Crippen LogP contribution in [0.4, 0.5) is 10.5 Å². The topological polar surface area (TPSA) is 75.8 Å². The Morgan fingerprint density at radius 2 is 2.11 bits per heavy atom. The summed E-state index contributed by atoms with van der Waals surface area (Å²) < 4.78 is 5.35. The molecule has 2 rings (SSSR count). The zero-order valence-corrected chi connectivity index (χ0v) is 11.6. The normalized spacial score (nSPS) is 15.0. The lowest BCUT2D eigenvalue weighted by molar-refractivity contribution is 0.0224. The van der Waals surface area contributed by atoms with Crippen LogP contribution in [0, 0.1) is 0 Å². The van der Waals surface area contributed by atoms with Crippen LogP contribution in [-0.4, -0.2) is 28.2 Å². The second-order valence-electron chi connectivity index (χ2n) is 5.82. The lowest BCUT2D eigenvalue weighted by atomic mass is 9.98. The van der Waals surface area contributed by atoms with Gasteiger partial charge in [0, 0.05) is 18.3 Å². The van der Waals surface area contributed by atoms with Gasteiger partial charge in [-0.1, -0.05) is 0 Å². The average Bonchev–Trinajstić information content (AvgIpc) is 2.25. The minimum Gasteiger partial charge on any atom is -0.508 e. The first-order chi connectivity index (χ1) is 8.76. The quantitative estimate of drug-likeness (QED) is 0.705. The van der Waals surface area contributed by atoms with Crippen molar-refractivity contribution in [1.82, 2.24) is 4.90 Å². The lowest BCUT2D eigenvalue weighted by Crippen LogP contribution is -2.40. The maximum atomic E-state index is 12.0. The minimum absolute atomic E-state index is 0.168. The van der Waals surface area contributed by atoms with Crippen molar-refractivity contribution in [1.29, 1.82) is 0 Å². The van der Waals surface area contributed by atoms with Crippen molar-refractivity contribution >= 4 is 11.8 Å². The number of nitrogens with two attached hydrogens (primary N) is 1. The van der Waals surface area contributed by atoms with E-state index in [1.165, 1.54) is 6.07 Å². The van der Waals surface area contributed by atoms with Gasteiger partial charge in [0.05, 0.1) is 6.54 Å². The molecule has 0 spiro atoms. The van der Waals surface area contributed by atoms with Gasteiger partial charge in [-0.05, 0) is 44.4 Å².